The molecule has 0 aliphatic rings. The van der Waals surface area contributed by atoms with Crippen molar-refractivity contribution in [3.05, 3.63) is 0 Å². The van der Waals surface area contributed by atoms with Gasteiger partial charge in [-0.2, -0.15) is 0 Å². The van der Waals surface area contributed by atoms with Crippen molar-refractivity contribution in [2.45, 2.75) is 91.4 Å². The lowest BCUT2D eigenvalue weighted by molar-refractivity contribution is -0.151. The van der Waals surface area contributed by atoms with E-state index in [1.807, 2.05) is 13.8 Å². The maximum Gasteiger partial charge on any atom is 0.311 e. The predicted molar refractivity (Wildman–Crippen MR) is 82.3 cm³/mol. The van der Waals surface area contributed by atoms with Crippen molar-refractivity contribution in [2.24, 2.45) is 5.41 Å². The maximum atomic E-state index is 11.5. The van der Waals surface area contributed by atoms with Crippen molar-refractivity contribution >= 4 is 5.97 Å². The summed E-state index contributed by atoms with van der Waals surface area (Å²) in [4.78, 5) is 11.5. The lowest BCUT2D eigenvalue weighted by atomic mass is 9.87. The lowest BCUT2D eigenvalue weighted by Crippen LogP contribution is -2.25. The van der Waals surface area contributed by atoms with Gasteiger partial charge in [0.1, 0.15) is 0 Å². The second-order valence-corrected chi connectivity index (χ2v) is 6.31. The van der Waals surface area contributed by atoms with Crippen LogP contribution >= 0.6 is 0 Å². The van der Waals surface area contributed by atoms with Crippen LogP contribution in [0.4, 0.5) is 0 Å². The molecule has 0 amide bonds. The fraction of sp³-hybridized carbons (Fsp3) is 0.941. The van der Waals surface area contributed by atoms with Gasteiger partial charge in [-0.05, 0) is 20.3 Å². The van der Waals surface area contributed by atoms with Gasteiger partial charge in [0.15, 0.2) is 0 Å². The van der Waals surface area contributed by atoms with Crippen LogP contribution in [0.25, 0.3) is 0 Å². The lowest BCUT2D eigenvalue weighted by Gasteiger charge is -2.20. The molecule has 0 heterocycles. The van der Waals surface area contributed by atoms with E-state index < -0.39 is 0 Å². The summed E-state index contributed by atoms with van der Waals surface area (Å²) in [5.41, 5.74) is -0.311. The molecule has 0 saturated carbocycles. The molecule has 0 saturated heterocycles. The number of carbonyl (C=O) groups excluding carboxylic acids is 1. The molecule has 0 spiro atoms. The Labute approximate surface area is 120 Å². The van der Waals surface area contributed by atoms with E-state index in [1.54, 1.807) is 0 Å². The van der Waals surface area contributed by atoms with E-state index in [9.17, 15) is 4.79 Å². The Hall–Kier alpha value is -0.530. The first-order valence-electron chi connectivity index (χ1n) is 8.13. The standard InChI is InChI=1S/C17H34O2/c1-5-6-7-8-9-10-11-12-13-14-15-17(2,3)16(18)19-4/h5-15H2,1-4H3. The Morgan fingerprint density at radius 3 is 1.68 bits per heavy atom. The van der Waals surface area contributed by atoms with Crippen LogP contribution in [0.5, 0.6) is 0 Å². The van der Waals surface area contributed by atoms with E-state index in [2.05, 4.69) is 6.92 Å². The van der Waals surface area contributed by atoms with E-state index in [1.165, 1.54) is 64.9 Å². The highest BCUT2D eigenvalue weighted by atomic mass is 16.5. The summed E-state index contributed by atoms with van der Waals surface area (Å²) in [6, 6.07) is 0. The number of carbonyl (C=O) groups is 1. The highest BCUT2D eigenvalue weighted by Gasteiger charge is 2.27. The highest BCUT2D eigenvalue weighted by molar-refractivity contribution is 5.75. The van der Waals surface area contributed by atoms with E-state index in [0.29, 0.717) is 0 Å². The van der Waals surface area contributed by atoms with E-state index >= 15 is 0 Å². The van der Waals surface area contributed by atoms with Crippen molar-refractivity contribution in [3.63, 3.8) is 0 Å². The zero-order valence-electron chi connectivity index (χ0n) is 13.6. The number of esters is 1. The van der Waals surface area contributed by atoms with Gasteiger partial charge in [-0.1, -0.05) is 71.1 Å². The molecular weight excluding hydrogens is 236 g/mol. The van der Waals surface area contributed by atoms with Crippen molar-refractivity contribution in [3.8, 4) is 0 Å². The SMILES string of the molecule is CCCCCCCCCCCCC(C)(C)C(=O)OC. The molecule has 0 aromatic carbocycles. The number of ether oxygens (including phenoxy) is 1. The van der Waals surface area contributed by atoms with Crippen LogP contribution in [-0.4, -0.2) is 13.1 Å². The Morgan fingerprint density at radius 2 is 1.26 bits per heavy atom. The summed E-state index contributed by atoms with van der Waals surface area (Å²) >= 11 is 0. The third-order valence-corrected chi connectivity index (χ3v) is 3.89. The zero-order valence-corrected chi connectivity index (χ0v) is 13.6. The molecule has 0 aromatic heterocycles. The molecule has 0 aliphatic carbocycles. The molecule has 0 radical (unpaired) electrons. The molecular formula is C17H34O2. The molecule has 114 valence electrons. The molecule has 0 atom stereocenters. The minimum atomic E-state index is -0.311. The topological polar surface area (TPSA) is 26.3 Å². The highest BCUT2D eigenvalue weighted by Crippen LogP contribution is 2.25. The average Bonchev–Trinajstić information content (AvgIpc) is 2.39. The van der Waals surface area contributed by atoms with Gasteiger partial charge < -0.3 is 4.74 Å². The zero-order chi connectivity index (χ0) is 14.6. The number of methoxy groups -OCH3 is 1. The van der Waals surface area contributed by atoms with Crippen LogP contribution in [0.3, 0.4) is 0 Å². The summed E-state index contributed by atoms with van der Waals surface area (Å²) in [6.07, 6.45) is 14.3. The number of rotatable bonds is 12. The Kier molecular flexibility index (Phi) is 11.0. The third kappa shape index (κ3) is 9.98. The van der Waals surface area contributed by atoms with Crippen molar-refractivity contribution in [2.75, 3.05) is 7.11 Å². The van der Waals surface area contributed by atoms with Crippen LogP contribution < -0.4 is 0 Å². The van der Waals surface area contributed by atoms with Gasteiger partial charge in [0.2, 0.25) is 0 Å². The summed E-state index contributed by atoms with van der Waals surface area (Å²) < 4.78 is 4.82. The Balaban J connectivity index is 3.33. The smallest absolute Gasteiger partial charge is 0.311 e. The van der Waals surface area contributed by atoms with Gasteiger partial charge >= 0.3 is 5.97 Å². The first kappa shape index (κ1) is 18.5. The molecule has 0 N–H and O–H groups in total. The van der Waals surface area contributed by atoms with Gasteiger partial charge in [0.25, 0.3) is 0 Å². The molecule has 0 bridgehead atoms. The Morgan fingerprint density at radius 1 is 0.842 bits per heavy atom. The van der Waals surface area contributed by atoms with Gasteiger partial charge in [0.05, 0.1) is 12.5 Å². The molecule has 0 rings (SSSR count). The normalized spacial score (nSPS) is 11.6. The molecule has 0 aliphatic heterocycles. The average molecular weight is 270 g/mol. The number of unbranched alkanes of at least 4 members (excludes halogenated alkanes) is 9. The molecule has 0 unspecified atom stereocenters. The van der Waals surface area contributed by atoms with Crippen LogP contribution in [0.2, 0.25) is 0 Å². The fourth-order valence-corrected chi connectivity index (χ4v) is 2.43. The van der Waals surface area contributed by atoms with E-state index in [0.717, 1.165) is 12.8 Å². The van der Waals surface area contributed by atoms with Crippen LogP contribution in [0.15, 0.2) is 0 Å². The second-order valence-electron chi connectivity index (χ2n) is 6.31. The van der Waals surface area contributed by atoms with Gasteiger partial charge in [-0.15, -0.1) is 0 Å². The summed E-state index contributed by atoms with van der Waals surface area (Å²) in [6.45, 7) is 6.22. The van der Waals surface area contributed by atoms with E-state index in [4.69, 9.17) is 4.74 Å². The molecule has 0 aromatic rings. The first-order valence-corrected chi connectivity index (χ1v) is 8.13. The van der Waals surface area contributed by atoms with Crippen LogP contribution in [0.1, 0.15) is 91.4 Å². The summed E-state index contributed by atoms with van der Waals surface area (Å²) in [7, 11) is 1.47. The minimum absolute atomic E-state index is 0.0802. The van der Waals surface area contributed by atoms with Gasteiger partial charge in [0, 0.05) is 0 Å². The molecule has 2 nitrogen and oxygen atoms in total. The molecule has 0 fully saturated rings. The van der Waals surface area contributed by atoms with Crippen molar-refractivity contribution < 1.29 is 9.53 Å². The van der Waals surface area contributed by atoms with Gasteiger partial charge in [-0.25, -0.2) is 0 Å². The maximum absolute atomic E-state index is 11.5. The quantitative estimate of drug-likeness (QED) is 0.346. The number of hydrogen-bond acceptors (Lipinski definition) is 2. The molecule has 2 heteroatoms. The van der Waals surface area contributed by atoms with Crippen molar-refractivity contribution in [1.29, 1.82) is 0 Å². The molecule has 19 heavy (non-hydrogen) atoms. The third-order valence-electron chi connectivity index (χ3n) is 3.89. The largest absolute Gasteiger partial charge is 0.469 e. The second kappa shape index (κ2) is 11.3. The monoisotopic (exact) mass is 270 g/mol. The van der Waals surface area contributed by atoms with Crippen LogP contribution in [0, 0.1) is 5.41 Å². The Bertz CT molecular complexity index is 221. The fourth-order valence-electron chi connectivity index (χ4n) is 2.43. The summed E-state index contributed by atoms with van der Waals surface area (Å²) in [5, 5.41) is 0. The van der Waals surface area contributed by atoms with Crippen molar-refractivity contribution in [1.82, 2.24) is 0 Å². The van der Waals surface area contributed by atoms with E-state index in [-0.39, 0.29) is 11.4 Å². The first-order chi connectivity index (χ1) is 9.04. The van der Waals surface area contributed by atoms with Crippen LogP contribution in [-0.2, 0) is 9.53 Å². The predicted octanol–water partition coefficient (Wildman–Crippen LogP) is 5.50. The van der Waals surface area contributed by atoms with Gasteiger partial charge in [-0.3, -0.25) is 4.79 Å². The number of hydrogen-bond donors (Lipinski definition) is 0. The minimum Gasteiger partial charge on any atom is -0.469 e. The summed E-state index contributed by atoms with van der Waals surface area (Å²) in [5.74, 6) is -0.0802.